The first-order valence-electron chi connectivity index (χ1n) is 8.43. The van der Waals surface area contributed by atoms with Gasteiger partial charge >= 0.3 is 0 Å². The van der Waals surface area contributed by atoms with Gasteiger partial charge in [-0.3, -0.25) is 9.69 Å². The predicted octanol–water partition coefficient (Wildman–Crippen LogP) is 3.19. The van der Waals surface area contributed by atoms with E-state index >= 15 is 0 Å². The summed E-state index contributed by atoms with van der Waals surface area (Å²) < 4.78 is 0. The Hall–Kier alpha value is -1.86. The van der Waals surface area contributed by atoms with Crippen LogP contribution in [0.1, 0.15) is 44.6 Å². The van der Waals surface area contributed by atoms with E-state index in [9.17, 15) is 10.1 Å². The molecule has 1 saturated carbocycles. The number of amides is 1. The molecule has 0 bridgehead atoms. The Kier molecular flexibility index (Phi) is 5.79. The van der Waals surface area contributed by atoms with Crippen LogP contribution in [0.3, 0.4) is 0 Å². The standard InChI is InChI=1S/C19H27N3O/c1-16(21(2)14-17-10-6-4-7-11-17)18(23)22(3)19(15-20)12-8-5-9-13-19/h4,6-7,10-11,16H,5,8-9,12-14H2,1-3H3. The molecule has 1 aromatic rings. The van der Waals surface area contributed by atoms with Gasteiger partial charge in [0.05, 0.1) is 12.1 Å². The molecule has 1 fully saturated rings. The van der Waals surface area contributed by atoms with Gasteiger partial charge in [0.25, 0.3) is 0 Å². The number of carbonyl (C=O) groups is 1. The average Bonchev–Trinajstić information content (AvgIpc) is 2.61. The smallest absolute Gasteiger partial charge is 0.240 e. The van der Waals surface area contributed by atoms with Crippen molar-refractivity contribution < 1.29 is 4.79 Å². The topological polar surface area (TPSA) is 47.3 Å². The van der Waals surface area contributed by atoms with Crippen LogP contribution >= 0.6 is 0 Å². The number of nitriles is 1. The summed E-state index contributed by atoms with van der Waals surface area (Å²) in [4.78, 5) is 16.6. The molecule has 4 nitrogen and oxygen atoms in total. The minimum atomic E-state index is -0.614. The summed E-state index contributed by atoms with van der Waals surface area (Å²) in [6, 6.07) is 12.3. The second-order valence-electron chi connectivity index (χ2n) is 6.68. The van der Waals surface area contributed by atoms with E-state index in [0.717, 1.165) is 38.6 Å². The first kappa shape index (κ1) is 17.5. The quantitative estimate of drug-likeness (QED) is 0.838. The highest BCUT2D eigenvalue weighted by Gasteiger charge is 2.40. The molecule has 1 aliphatic carbocycles. The van der Waals surface area contributed by atoms with E-state index in [-0.39, 0.29) is 11.9 Å². The van der Waals surface area contributed by atoms with Gasteiger partial charge in [-0.2, -0.15) is 5.26 Å². The monoisotopic (exact) mass is 313 g/mol. The molecule has 0 heterocycles. The summed E-state index contributed by atoms with van der Waals surface area (Å²) in [5.74, 6) is 0.0341. The first-order valence-corrected chi connectivity index (χ1v) is 8.43. The average molecular weight is 313 g/mol. The first-order chi connectivity index (χ1) is 11.0. The minimum absolute atomic E-state index is 0.0341. The highest BCUT2D eigenvalue weighted by Crippen LogP contribution is 2.33. The summed E-state index contributed by atoms with van der Waals surface area (Å²) in [7, 11) is 3.76. The summed E-state index contributed by atoms with van der Waals surface area (Å²) >= 11 is 0. The molecule has 1 aliphatic rings. The van der Waals surface area contributed by atoms with Crippen molar-refractivity contribution in [1.82, 2.24) is 9.80 Å². The molecule has 23 heavy (non-hydrogen) atoms. The fourth-order valence-corrected chi connectivity index (χ4v) is 3.35. The fraction of sp³-hybridized carbons (Fsp3) is 0.579. The normalized spacial score (nSPS) is 18.2. The third-order valence-electron chi connectivity index (χ3n) is 5.15. The summed E-state index contributed by atoms with van der Waals surface area (Å²) in [5, 5.41) is 9.66. The number of hydrogen-bond acceptors (Lipinski definition) is 3. The van der Waals surface area contributed by atoms with Gasteiger partial charge in [0.1, 0.15) is 5.54 Å². The van der Waals surface area contributed by atoms with Gasteiger partial charge in [-0.25, -0.2) is 0 Å². The molecule has 0 saturated heterocycles. The van der Waals surface area contributed by atoms with E-state index in [2.05, 4.69) is 18.2 Å². The highest BCUT2D eigenvalue weighted by atomic mass is 16.2. The SMILES string of the molecule is CC(C(=O)N(C)C1(C#N)CCCCC1)N(C)Cc1ccccc1. The van der Waals surface area contributed by atoms with Crippen molar-refractivity contribution in [2.75, 3.05) is 14.1 Å². The lowest BCUT2D eigenvalue weighted by Crippen LogP contribution is -2.55. The van der Waals surface area contributed by atoms with Crippen molar-refractivity contribution in [2.45, 2.75) is 57.2 Å². The number of likely N-dealkylation sites (N-methyl/N-ethyl adjacent to an activating group) is 2. The zero-order chi connectivity index (χ0) is 16.9. The number of rotatable bonds is 5. The molecule has 124 valence electrons. The largest absolute Gasteiger partial charge is 0.326 e. The number of benzene rings is 1. The van der Waals surface area contributed by atoms with Crippen molar-refractivity contribution in [2.24, 2.45) is 0 Å². The van der Waals surface area contributed by atoms with Crippen LogP contribution in [0.4, 0.5) is 0 Å². The Balaban J connectivity index is 2.04. The molecule has 1 atom stereocenters. The molecule has 0 radical (unpaired) electrons. The molecule has 2 rings (SSSR count). The number of carbonyl (C=O) groups excluding carboxylic acids is 1. The van der Waals surface area contributed by atoms with E-state index in [1.165, 1.54) is 5.56 Å². The van der Waals surface area contributed by atoms with Gasteiger partial charge in [0.15, 0.2) is 0 Å². The van der Waals surface area contributed by atoms with Crippen LogP contribution in [0.5, 0.6) is 0 Å². The van der Waals surface area contributed by atoms with Crippen LogP contribution in [-0.4, -0.2) is 41.4 Å². The predicted molar refractivity (Wildman–Crippen MR) is 91.6 cm³/mol. The Morgan fingerprint density at radius 3 is 2.39 bits per heavy atom. The number of nitrogens with zero attached hydrogens (tertiary/aromatic N) is 3. The second-order valence-corrected chi connectivity index (χ2v) is 6.68. The Morgan fingerprint density at radius 1 is 1.22 bits per heavy atom. The summed E-state index contributed by atoms with van der Waals surface area (Å²) in [6.45, 7) is 2.65. The van der Waals surface area contributed by atoms with Gasteiger partial charge < -0.3 is 4.90 Å². The Morgan fingerprint density at radius 2 is 1.83 bits per heavy atom. The van der Waals surface area contributed by atoms with Crippen molar-refractivity contribution in [3.05, 3.63) is 35.9 Å². The Bertz CT molecular complexity index is 558. The van der Waals surface area contributed by atoms with Crippen molar-refractivity contribution >= 4 is 5.91 Å². The molecule has 0 aliphatic heterocycles. The third-order valence-corrected chi connectivity index (χ3v) is 5.15. The molecule has 1 aromatic carbocycles. The fourth-order valence-electron chi connectivity index (χ4n) is 3.35. The maximum absolute atomic E-state index is 12.9. The second kappa shape index (κ2) is 7.61. The van der Waals surface area contributed by atoms with Gasteiger partial charge in [0, 0.05) is 13.6 Å². The number of hydrogen-bond donors (Lipinski definition) is 0. The lowest BCUT2D eigenvalue weighted by Gasteiger charge is -2.41. The van der Waals surface area contributed by atoms with Crippen LogP contribution in [0.2, 0.25) is 0 Å². The molecular formula is C19H27N3O. The summed E-state index contributed by atoms with van der Waals surface area (Å²) in [6.07, 6.45) is 4.80. The van der Waals surface area contributed by atoms with E-state index in [1.807, 2.05) is 37.1 Å². The molecule has 0 N–H and O–H groups in total. The molecule has 4 heteroatoms. The maximum atomic E-state index is 12.9. The van der Waals surface area contributed by atoms with Gasteiger partial charge in [-0.05, 0) is 32.4 Å². The molecule has 1 unspecified atom stereocenters. The van der Waals surface area contributed by atoms with E-state index < -0.39 is 5.54 Å². The molecule has 0 aromatic heterocycles. The Labute approximate surface area is 139 Å². The van der Waals surface area contributed by atoms with Crippen molar-refractivity contribution in [1.29, 1.82) is 5.26 Å². The molecule has 1 amide bonds. The maximum Gasteiger partial charge on any atom is 0.240 e. The van der Waals surface area contributed by atoms with Gasteiger partial charge in [-0.1, -0.05) is 49.6 Å². The van der Waals surface area contributed by atoms with Crippen molar-refractivity contribution in [3.8, 4) is 6.07 Å². The zero-order valence-corrected chi connectivity index (χ0v) is 14.5. The van der Waals surface area contributed by atoms with Gasteiger partial charge in [0.2, 0.25) is 5.91 Å². The zero-order valence-electron chi connectivity index (χ0n) is 14.5. The summed E-state index contributed by atoms with van der Waals surface area (Å²) in [5.41, 5.74) is 0.571. The van der Waals surface area contributed by atoms with Crippen LogP contribution in [0.25, 0.3) is 0 Å². The van der Waals surface area contributed by atoms with Crippen LogP contribution < -0.4 is 0 Å². The van der Waals surface area contributed by atoms with E-state index in [1.54, 1.807) is 11.9 Å². The van der Waals surface area contributed by atoms with E-state index in [4.69, 9.17) is 0 Å². The molecule has 0 spiro atoms. The van der Waals surface area contributed by atoms with Crippen LogP contribution in [0.15, 0.2) is 30.3 Å². The third kappa shape index (κ3) is 3.92. The van der Waals surface area contributed by atoms with Gasteiger partial charge in [-0.15, -0.1) is 0 Å². The van der Waals surface area contributed by atoms with Crippen molar-refractivity contribution in [3.63, 3.8) is 0 Å². The van der Waals surface area contributed by atoms with Crippen LogP contribution in [-0.2, 0) is 11.3 Å². The lowest BCUT2D eigenvalue weighted by molar-refractivity contribution is -0.139. The minimum Gasteiger partial charge on any atom is -0.326 e. The van der Waals surface area contributed by atoms with Crippen LogP contribution in [0, 0.1) is 11.3 Å². The highest BCUT2D eigenvalue weighted by molar-refractivity contribution is 5.82. The van der Waals surface area contributed by atoms with E-state index in [0.29, 0.717) is 0 Å². The molecular weight excluding hydrogens is 286 g/mol. The lowest BCUT2D eigenvalue weighted by atomic mass is 9.81.